The third-order valence-electron chi connectivity index (χ3n) is 3.14. The Kier molecular flexibility index (Phi) is 5.52. The predicted octanol–water partition coefficient (Wildman–Crippen LogP) is 2.16. The Labute approximate surface area is 130 Å². The molecule has 0 saturated heterocycles. The van der Waals surface area contributed by atoms with Crippen molar-refractivity contribution in [2.45, 2.75) is 30.7 Å². The molecule has 1 aromatic heterocycles. The minimum atomic E-state index is -3.47. The molecule has 1 heterocycles. The normalized spacial score (nSPS) is 13.2. The van der Waals surface area contributed by atoms with E-state index >= 15 is 0 Å². The highest BCUT2D eigenvalue weighted by molar-refractivity contribution is 7.89. The van der Waals surface area contributed by atoms with Crippen molar-refractivity contribution in [3.05, 3.63) is 52.2 Å². The first-order valence-electron chi connectivity index (χ1n) is 6.83. The highest BCUT2D eigenvalue weighted by Crippen LogP contribution is 2.13. The second-order valence-corrected chi connectivity index (χ2v) is 7.53. The lowest BCUT2D eigenvalue weighted by Gasteiger charge is -2.14. The van der Waals surface area contributed by atoms with Crippen LogP contribution in [0.5, 0.6) is 0 Å². The second kappa shape index (κ2) is 7.17. The van der Waals surface area contributed by atoms with Gasteiger partial charge in [-0.1, -0.05) is 12.1 Å². The van der Waals surface area contributed by atoms with E-state index in [9.17, 15) is 8.42 Å². The lowest BCUT2D eigenvalue weighted by molar-refractivity contribution is 0.560. The lowest BCUT2D eigenvalue weighted by Crippen LogP contribution is -2.34. The summed E-state index contributed by atoms with van der Waals surface area (Å²) < 4.78 is 27.3. The zero-order valence-corrected chi connectivity index (χ0v) is 13.6. The van der Waals surface area contributed by atoms with Gasteiger partial charge >= 0.3 is 0 Å². The van der Waals surface area contributed by atoms with Crippen LogP contribution in [0.15, 0.2) is 46.0 Å². The molecule has 0 aliphatic carbocycles. The van der Waals surface area contributed by atoms with Gasteiger partial charge in [-0.2, -0.15) is 11.3 Å². The van der Waals surface area contributed by atoms with Gasteiger partial charge in [0, 0.05) is 6.04 Å². The number of sulfonamides is 1. The maximum atomic E-state index is 12.3. The van der Waals surface area contributed by atoms with E-state index in [2.05, 4.69) is 4.72 Å². The summed E-state index contributed by atoms with van der Waals surface area (Å²) in [5.41, 5.74) is 7.68. The van der Waals surface area contributed by atoms with Crippen molar-refractivity contribution in [2.24, 2.45) is 5.73 Å². The minimum absolute atomic E-state index is 0.145. The van der Waals surface area contributed by atoms with Gasteiger partial charge in [0.15, 0.2) is 0 Å². The van der Waals surface area contributed by atoms with Crippen molar-refractivity contribution in [1.29, 1.82) is 0 Å². The molecule has 1 aromatic carbocycles. The third-order valence-corrected chi connectivity index (χ3v) is 5.48. The van der Waals surface area contributed by atoms with Gasteiger partial charge in [-0.15, -0.1) is 0 Å². The van der Waals surface area contributed by atoms with Gasteiger partial charge in [0.05, 0.1) is 4.90 Å². The number of nitrogens with two attached hydrogens (primary N) is 1. The number of nitrogens with one attached hydrogen (secondary N) is 1. The zero-order valence-electron chi connectivity index (χ0n) is 12.0. The fraction of sp³-hybridized carbons (Fsp3) is 0.333. The minimum Gasteiger partial charge on any atom is -0.330 e. The molecule has 1 unspecified atom stereocenters. The predicted molar refractivity (Wildman–Crippen MR) is 87.0 cm³/mol. The van der Waals surface area contributed by atoms with E-state index in [-0.39, 0.29) is 6.04 Å². The fourth-order valence-electron chi connectivity index (χ4n) is 2.14. The first kappa shape index (κ1) is 16.2. The molecule has 21 heavy (non-hydrogen) atoms. The van der Waals surface area contributed by atoms with Gasteiger partial charge in [0.25, 0.3) is 0 Å². The van der Waals surface area contributed by atoms with Crippen LogP contribution in [0.25, 0.3) is 0 Å². The molecule has 0 radical (unpaired) electrons. The topological polar surface area (TPSA) is 72.2 Å². The second-order valence-electron chi connectivity index (χ2n) is 5.04. The van der Waals surface area contributed by atoms with Gasteiger partial charge in [-0.3, -0.25) is 0 Å². The summed E-state index contributed by atoms with van der Waals surface area (Å²) in [7, 11) is -3.47. The van der Waals surface area contributed by atoms with Crippen LogP contribution in [0.1, 0.15) is 18.1 Å². The summed E-state index contributed by atoms with van der Waals surface area (Å²) in [4.78, 5) is 0.292. The molecule has 0 fully saturated rings. The molecular formula is C15H20N2O2S2. The highest BCUT2D eigenvalue weighted by atomic mass is 32.2. The van der Waals surface area contributed by atoms with Crippen LogP contribution in [0.4, 0.5) is 0 Å². The molecule has 114 valence electrons. The molecular weight excluding hydrogens is 304 g/mol. The highest BCUT2D eigenvalue weighted by Gasteiger charge is 2.17. The Morgan fingerprint density at radius 2 is 1.90 bits per heavy atom. The van der Waals surface area contributed by atoms with E-state index in [0.717, 1.165) is 17.5 Å². The zero-order chi connectivity index (χ0) is 15.3. The number of thiophene rings is 1. The number of hydrogen-bond donors (Lipinski definition) is 2. The van der Waals surface area contributed by atoms with Gasteiger partial charge in [-0.05, 0) is 66.4 Å². The van der Waals surface area contributed by atoms with Crippen LogP contribution < -0.4 is 10.5 Å². The molecule has 0 saturated carbocycles. The van der Waals surface area contributed by atoms with Crippen LogP contribution in [0.3, 0.4) is 0 Å². The van der Waals surface area contributed by atoms with Crippen molar-refractivity contribution < 1.29 is 8.42 Å². The van der Waals surface area contributed by atoms with Crippen molar-refractivity contribution in [3.8, 4) is 0 Å². The maximum absolute atomic E-state index is 12.3. The Morgan fingerprint density at radius 3 is 2.48 bits per heavy atom. The van der Waals surface area contributed by atoms with Crippen LogP contribution in [-0.4, -0.2) is 21.0 Å². The van der Waals surface area contributed by atoms with E-state index in [0.29, 0.717) is 17.9 Å². The fourth-order valence-corrected chi connectivity index (χ4v) is 4.06. The SMILES string of the molecule is CC(Cc1ccsc1)NS(=O)(=O)c1ccc(CCN)cc1. The molecule has 0 amide bonds. The molecule has 3 N–H and O–H groups in total. The molecule has 6 heteroatoms. The summed E-state index contributed by atoms with van der Waals surface area (Å²) in [6, 6.07) is 8.75. The van der Waals surface area contributed by atoms with Crippen molar-refractivity contribution in [2.75, 3.05) is 6.54 Å². The van der Waals surface area contributed by atoms with E-state index in [1.807, 2.05) is 35.9 Å². The summed E-state index contributed by atoms with van der Waals surface area (Å²) in [5, 5.41) is 4.03. The van der Waals surface area contributed by atoms with E-state index in [4.69, 9.17) is 5.73 Å². The van der Waals surface area contributed by atoms with Gasteiger partial charge in [0.1, 0.15) is 0 Å². The van der Waals surface area contributed by atoms with Crippen LogP contribution in [0.2, 0.25) is 0 Å². The number of hydrogen-bond acceptors (Lipinski definition) is 4. The molecule has 1 atom stereocenters. The standard InChI is InChI=1S/C15H20N2O2S2/c1-12(10-14-7-9-20-11-14)17-21(18,19)15-4-2-13(3-5-15)6-8-16/h2-5,7,9,11-12,17H,6,8,10,16H2,1H3. The first-order valence-corrected chi connectivity index (χ1v) is 9.26. The summed E-state index contributed by atoms with van der Waals surface area (Å²) >= 11 is 1.61. The Bertz CT molecular complexity index is 649. The van der Waals surface area contributed by atoms with Crippen molar-refractivity contribution >= 4 is 21.4 Å². The Morgan fingerprint density at radius 1 is 1.19 bits per heavy atom. The average Bonchev–Trinajstić information content (AvgIpc) is 2.92. The summed E-state index contributed by atoms with van der Waals surface area (Å²) in [6.45, 7) is 2.43. The van der Waals surface area contributed by atoms with E-state index < -0.39 is 10.0 Å². The van der Waals surface area contributed by atoms with Gasteiger partial charge < -0.3 is 5.73 Å². The summed E-state index contributed by atoms with van der Waals surface area (Å²) in [5.74, 6) is 0. The van der Waals surface area contributed by atoms with Crippen LogP contribution in [-0.2, 0) is 22.9 Å². The first-order chi connectivity index (χ1) is 10.0. The average molecular weight is 324 g/mol. The molecule has 4 nitrogen and oxygen atoms in total. The number of benzene rings is 1. The van der Waals surface area contributed by atoms with Crippen molar-refractivity contribution in [3.63, 3.8) is 0 Å². The van der Waals surface area contributed by atoms with E-state index in [1.165, 1.54) is 0 Å². The van der Waals surface area contributed by atoms with Gasteiger partial charge in [-0.25, -0.2) is 13.1 Å². The third kappa shape index (κ3) is 4.64. The lowest BCUT2D eigenvalue weighted by atomic mass is 10.1. The van der Waals surface area contributed by atoms with Gasteiger partial charge in [0.2, 0.25) is 10.0 Å². The smallest absolute Gasteiger partial charge is 0.240 e. The molecule has 0 aliphatic rings. The summed E-state index contributed by atoms with van der Waals surface area (Å²) in [6.07, 6.45) is 1.44. The maximum Gasteiger partial charge on any atom is 0.240 e. The molecule has 2 rings (SSSR count). The molecule has 0 spiro atoms. The monoisotopic (exact) mass is 324 g/mol. The van der Waals surface area contributed by atoms with Crippen molar-refractivity contribution in [1.82, 2.24) is 4.72 Å². The molecule has 2 aromatic rings. The Hall–Kier alpha value is -1.21. The number of rotatable bonds is 7. The quantitative estimate of drug-likeness (QED) is 0.820. The molecule has 0 bridgehead atoms. The van der Waals surface area contributed by atoms with Crippen LogP contribution in [0, 0.1) is 0 Å². The molecule has 0 aliphatic heterocycles. The van der Waals surface area contributed by atoms with E-state index in [1.54, 1.807) is 23.5 Å². The largest absolute Gasteiger partial charge is 0.330 e. The Balaban J connectivity index is 2.03. The van der Waals surface area contributed by atoms with Crippen LogP contribution >= 0.6 is 11.3 Å².